The molecule has 1 aliphatic rings. The summed E-state index contributed by atoms with van der Waals surface area (Å²) in [5.41, 5.74) is 3.12. The highest BCUT2D eigenvalue weighted by Crippen LogP contribution is 2.36. The van der Waals surface area contributed by atoms with Gasteiger partial charge in [0.25, 0.3) is 0 Å². The molecule has 2 unspecified atom stereocenters. The van der Waals surface area contributed by atoms with Crippen LogP contribution in [-0.4, -0.2) is 37.4 Å². The third-order valence-electron chi connectivity index (χ3n) is 4.77. The van der Waals surface area contributed by atoms with E-state index < -0.39 is 6.10 Å². The molecule has 0 saturated carbocycles. The van der Waals surface area contributed by atoms with Crippen molar-refractivity contribution in [2.45, 2.75) is 38.3 Å². The first-order valence-corrected chi connectivity index (χ1v) is 9.13. The van der Waals surface area contributed by atoms with E-state index in [0.717, 1.165) is 41.0 Å². The van der Waals surface area contributed by atoms with Gasteiger partial charge in [-0.2, -0.15) is 5.10 Å². The summed E-state index contributed by atoms with van der Waals surface area (Å²) in [6, 6.07) is 0.292. The van der Waals surface area contributed by atoms with Gasteiger partial charge in [-0.05, 0) is 37.1 Å². The zero-order valence-corrected chi connectivity index (χ0v) is 14.7. The molecule has 4 heterocycles. The third kappa shape index (κ3) is 2.67. The molecule has 0 bridgehead atoms. The van der Waals surface area contributed by atoms with Crippen molar-refractivity contribution < 1.29 is 5.11 Å². The number of hydrogen-bond donors (Lipinski definition) is 1. The Kier molecular flexibility index (Phi) is 3.97. The van der Waals surface area contributed by atoms with E-state index in [9.17, 15) is 5.11 Å². The summed E-state index contributed by atoms with van der Waals surface area (Å²) in [5, 5.41) is 16.9. The molecule has 0 radical (unpaired) electrons. The van der Waals surface area contributed by atoms with Crippen LogP contribution < -0.4 is 4.90 Å². The number of aliphatic hydroxyl groups is 1. The fourth-order valence-electron chi connectivity index (χ4n) is 3.53. The maximum Gasteiger partial charge on any atom is 0.150 e. The molecule has 1 fully saturated rings. The second-order valence-corrected chi connectivity index (χ2v) is 7.36. The van der Waals surface area contributed by atoms with E-state index in [-0.39, 0.29) is 0 Å². The summed E-state index contributed by atoms with van der Waals surface area (Å²) < 4.78 is 2.88. The molecule has 6 nitrogen and oxygen atoms in total. The largest absolute Gasteiger partial charge is 0.388 e. The Morgan fingerprint density at radius 3 is 3.08 bits per heavy atom. The van der Waals surface area contributed by atoms with E-state index in [1.807, 2.05) is 13.2 Å². The highest BCUT2D eigenvalue weighted by atomic mass is 32.1. The molecule has 24 heavy (non-hydrogen) atoms. The summed E-state index contributed by atoms with van der Waals surface area (Å²) in [5.74, 6) is 1.01. The minimum atomic E-state index is -0.494. The number of nitrogens with zero attached hydrogens (tertiary/aromatic N) is 5. The summed E-state index contributed by atoms with van der Waals surface area (Å²) in [4.78, 5) is 11.3. The van der Waals surface area contributed by atoms with Crippen LogP contribution in [0.4, 0.5) is 5.82 Å². The van der Waals surface area contributed by atoms with E-state index >= 15 is 0 Å². The highest BCUT2D eigenvalue weighted by molar-refractivity contribution is 7.18. The van der Waals surface area contributed by atoms with Crippen molar-refractivity contribution in [1.29, 1.82) is 0 Å². The normalized spacial score (nSPS) is 19.3. The highest BCUT2D eigenvalue weighted by Gasteiger charge is 2.30. The first-order chi connectivity index (χ1) is 11.6. The van der Waals surface area contributed by atoms with Crippen LogP contribution in [-0.2, 0) is 7.05 Å². The van der Waals surface area contributed by atoms with Crippen molar-refractivity contribution in [1.82, 2.24) is 19.7 Å². The average Bonchev–Trinajstić information content (AvgIpc) is 3.28. The van der Waals surface area contributed by atoms with Crippen LogP contribution in [0.25, 0.3) is 10.2 Å². The van der Waals surface area contributed by atoms with E-state index in [2.05, 4.69) is 32.3 Å². The van der Waals surface area contributed by atoms with Crippen LogP contribution in [0.2, 0.25) is 0 Å². The number of thiophene rings is 1. The predicted octanol–water partition coefficient (Wildman–Crippen LogP) is 2.83. The van der Waals surface area contributed by atoms with Crippen LogP contribution in [0.3, 0.4) is 0 Å². The number of rotatable bonds is 4. The van der Waals surface area contributed by atoms with Crippen molar-refractivity contribution in [2.75, 3.05) is 11.4 Å². The SMILES string of the molecule is Cc1csc2c(N3CCCC3CC(O)c3cnn(C)c3)ncnc12. The number of hydrogen-bond acceptors (Lipinski definition) is 6. The van der Waals surface area contributed by atoms with Gasteiger partial charge in [0.15, 0.2) is 0 Å². The lowest BCUT2D eigenvalue weighted by atomic mass is 10.0. The maximum atomic E-state index is 10.6. The topological polar surface area (TPSA) is 67.1 Å². The van der Waals surface area contributed by atoms with Crippen molar-refractivity contribution in [3.05, 3.63) is 35.2 Å². The molecule has 1 N–H and O–H groups in total. The lowest BCUT2D eigenvalue weighted by Gasteiger charge is -2.27. The first-order valence-electron chi connectivity index (χ1n) is 8.25. The summed E-state index contributed by atoms with van der Waals surface area (Å²) in [7, 11) is 1.87. The summed E-state index contributed by atoms with van der Waals surface area (Å²) >= 11 is 1.71. The Bertz CT molecular complexity index is 858. The summed E-state index contributed by atoms with van der Waals surface area (Å²) in [6.45, 7) is 3.07. The van der Waals surface area contributed by atoms with Gasteiger partial charge in [-0.25, -0.2) is 9.97 Å². The van der Waals surface area contributed by atoms with Crippen molar-refractivity contribution in [3.63, 3.8) is 0 Å². The Balaban J connectivity index is 1.60. The van der Waals surface area contributed by atoms with E-state index in [4.69, 9.17) is 0 Å². The van der Waals surface area contributed by atoms with Crippen molar-refractivity contribution >= 4 is 27.4 Å². The lowest BCUT2D eigenvalue weighted by molar-refractivity contribution is 0.158. The van der Waals surface area contributed by atoms with Crippen LogP contribution in [0.15, 0.2) is 24.1 Å². The molecule has 126 valence electrons. The van der Waals surface area contributed by atoms with E-state index in [0.29, 0.717) is 12.5 Å². The second-order valence-electron chi connectivity index (χ2n) is 6.48. The fraction of sp³-hybridized carbons (Fsp3) is 0.471. The first kappa shape index (κ1) is 15.5. The molecular formula is C17H21N5OS. The number of fused-ring (bicyclic) bond motifs is 1. The monoisotopic (exact) mass is 343 g/mol. The molecular weight excluding hydrogens is 322 g/mol. The van der Waals surface area contributed by atoms with Gasteiger partial charge in [0, 0.05) is 31.4 Å². The summed E-state index contributed by atoms with van der Waals surface area (Å²) in [6.07, 6.45) is 7.69. The number of aromatic nitrogens is 4. The molecule has 0 amide bonds. The predicted molar refractivity (Wildman–Crippen MR) is 95.3 cm³/mol. The molecule has 3 aromatic heterocycles. The molecule has 7 heteroatoms. The van der Waals surface area contributed by atoms with Crippen LogP contribution in [0.5, 0.6) is 0 Å². The maximum absolute atomic E-state index is 10.6. The fourth-order valence-corrected chi connectivity index (χ4v) is 4.53. The van der Waals surface area contributed by atoms with Gasteiger partial charge >= 0.3 is 0 Å². The van der Waals surface area contributed by atoms with E-state index in [1.54, 1.807) is 28.5 Å². The minimum Gasteiger partial charge on any atom is -0.388 e. The zero-order valence-electron chi connectivity index (χ0n) is 13.9. The number of anilines is 1. The standard InChI is InChI=1S/C17H21N5OS/c1-11-9-24-16-15(11)18-10-19-17(16)22-5-3-4-13(22)6-14(23)12-7-20-21(2)8-12/h7-10,13-14,23H,3-6H2,1-2H3. The molecule has 2 atom stereocenters. The van der Waals surface area contributed by atoms with Gasteiger partial charge < -0.3 is 10.0 Å². The van der Waals surface area contributed by atoms with Crippen LogP contribution >= 0.6 is 11.3 Å². The van der Waals surface area contributed by atoms with Gasteiger partial charge in [0.05, 0.1) is 22.5 Å². The van der Waals surface area contributed by atoms with Gasteiger partial charge in [-0.15, -0.1) is 11.3 Å². The number of aryl methyl sites for hydroxylation is 2. The smallest absolute Gasteiger partial charge is 0.150 e. The Hall–Kier alpha value is -1.99. The van der Waals surface area contributed by atoms with Crippen molar-refractivity contribution in [2.24, 2.45) is 7.05 Å². The average molecular weight is 343 g/mol. The van der Waals surface area contributed by atoms with Gasteiger partial charge in [0.2, 0.25) is 0 Å². The Morgan fingerprint density at radius 2 is 2.29 bits per heavy atom. The van der Waals surface area contributed by atoms with Crippen molar-refractivity contribution in [3.8, 4) is 0 Å². The molecule has 4 rings (SSSR count). The lowest BCUT2D eigenvalue weighted by Crippen LogP contribution is -2.31. The van der Waals surface area contributed by atoms with E-state index in [1.165, 1.54) is 5.56 Å². The molecule has 0 aromatic carbocycles. The van der Waals surface area contributed by atoms with Gasteiger partial charge in [0.1, 0.15) is 12.1 Å². The molecule has 0 spiro atoms. The van der Waals surface area contributed by atoms with Crippen LogP contribution in [0.1, 0.15) is 36.5 Å². The third-order valence-corrected chi connectivity index (χ3v) is 5.85. The molecule has 1 aliphatic heterocycles. The Labute approximate surface area is 144 Å². The number of aliphatic hydroxyl groups excluding tert-OH is 1. The minimum absolute atomic E-state index is 0.292. The zero-order chi connectivity index (χ0) is 16.7. The van der Waals surface area contributed by atoms with Gasteiger partial charge in [-0.3, -0.25) is 4.68 Å². The second kappa shape index (κ2) is 6.14. The molecule has 3 aromatic rings. The van der Waals surface area contributed by atoms with Crippen LogP contribution in [0, 0.1) is 6.92 Å². The Morgan fingerprint density at radius 1 is 1.42 bits per heavy atom. The van der Waals surface area contributed by atoms with Gasteiger partial charge in [-0.1, -0.05) is 0 Å². The quantitative estimate of drug-likeness (QED) is 0.789. The molecule has 1 saturated heterocycles. The molecule has 0 aliphatic carbocycles.